The maximum absolute atomic E-state index is 10.6. The van der Waals surface area contributed by atoms with Gasteiger partial charge in [-0.05, 0) is 31.5 Å². The number of fused-ring (bicyclic) bond motifs is 1. The minimum Gasteiger partial charge on any atom is -0.477 e. The number of aromatic nitrogens is 1. The Balaban J connectivity index is 2.36. The molecule has 4 heteroatoms. The van der Waals surface area contributed by atoms with Crippen molar-refractivity contribution in [3.63, 3.8) is 0 Å². The lowest BCUT2D eigenvalue weighted by atomic mass is 10.2. The first-order chi connectivity index (χ1) is 6.22. The Kier molecular flexibility index (Phi) is 1.84. The summed E-state index contributed by atoms with van der Waals surface area (Å²) in [4.78, 5) is 13.6. The Morgan fingerprint density at radius 3 is 3.15 bits per heavy atom. The largest absolute Gasteiger partial charge is 0.477 e. The maximum Gasteiger partial charge on any atom is 0.352 e. The van der Waals surface area contributed by atoms with Crippen LogP contribution in [0.4, 0.5) is 0 Å². The number of carboxylic acids is 1. The molecule has 4 nitrogen and oxygen atoms in total. The van der Waals surface area contributed by atoms with Crippen LogP contribution in [-0.4, -0.2) is 23.1 Å². The van der Waals surface area contributed by atoms with Gasteiger partial charge in [0.2, 0.25) is 0 Å². The van der Waals surface area contributed by atoms with E-state index in [0.717, 1.165) is 24.1 Å². The summed E-state index contributed by atoms with van der Waals surface area (Å²) in [6.07, 6.45) is 2.02. The summed E-state index contributed by atoms with van der Waals surface area (Å²) in [6, 6.07) is 2.03. The SMILES string of the molecule is CNC1CCc2cc(C(=O)O)[nH]c21. The summed E-state index contributed by atoms with van der Waals surface area (Å²) in [6.45, 7) is 0. The van der Waals surface area contributed by atoms with Crippen LogP contribution in [0.1, 0.15) is 34.2 Å². The van der Waals surface area contributed by atoms with E-state index >= 15 is 0 Å². The minimum atomic E-state index is -0.885. The van der Waals surface area contributed by atoms with Crippen LogP contribution in [0.25, 0.3) is 0 Å². The van der Waals surface area contributed by atoms with Gasteiger partial charge >= 0.3 is 5.97 Å². The molecule has 0 saturated heterocycles. The fraction of sp³-hybridized carbons (Fsp3) is 0.444. The Bertz CT molecular complexity index is 343. The lowest BCUT2D eigenvalue weighted by Gasteiger charge is -2.06. The molecule has 0 aliphatic heterocycles. The standard InChI is InChI=1S/C9H12N2O2/c1-10-6-3-2-5-4-7(9(12)13)11-8(5)6/h4,6,10-11H,2-3H2,1H3,(H,12,13). The van der Waals surface area contributed by atoms with Gasteiger partial charge in [0.05, 0.1) is 0 Å². The van der Waals surface area contributed by atoms with Crippen molar-refractivity contribution in [2.75, 3.05) is 7.05 Å². The maximum atomic E-state index is 10.6. The second-order valence-corrected chi connectivity index (χ2v) is 3.31. The summed E-state index contributed by atoms with van der Waals surface area (Å²) in [5, 5.41) is 11.9. The van der Waals surface area contributed by atoms with Gasteiger partial charge in [0, 0.05) is 11.7 Å². The van der Waals surface area contributed by atoms with Crippen LogP contribution < -0.4 is 5.32 Å². The molecule has 1 aliphatic carbocycles. The zero-order chi connectivity index (χ0) is 9.42. The normalized spacial score (nSPS) is 20.2. The Labute approximate surface area is 76.0 Å². The molecule has 0 saturated carbocycles. The average molecular weight is 180 g/mol. The molecule has 1 heterocycles. The van der Waals surface area contributed by atoms with Crippen molar-refractivity contribution in [1.29, 1.82) is 0 Å². The molecular formula is C9H12N2O2. The van der Waals surface area contributed by atoms with Crippen molar-refractivity contribution in [2.24, 2.45) is 0 Å². The molecule has 0 fully saturated rings. The number of aryl methyl sites for hydroxylation is 1. The van der Waals surface area contributed by atoms with Crippen LogP contribution >= 0.6 is 0 Å². The zero-order valence-corrected chi connectivity index (χ0v) is 7.42. The highest BCUT2D eigenvalue weighted by Gasteiger charge is 2.24. The minimum absolute atomic E-state index is 0.295. The fourth-order valence-corrected chi connectivity index (χ4v) is 1.88. The summed E-state index contributed by atoms with van der Waals surface area (Å²) < 4.78 is 0. The molecule has 1 aromatic rings. The van der Waals surface area contributed by atoms with E-state index in [-0.39, 0.29) is 0 Å². The fourth-order valence-electron chi connectivity index (χ4n) is 1.88. The average Bonchev–Trinajstić information content (AvgIpc) is 2.60. The van der Waals surface area contributed by atoms with Crippen molar-refractivity contribution in [2.45, 2.75) is 18.9 Å². The first-order valence-electron chi connectivity index (χ1n) is 4.34. The lowest BCUT2D eigenvalue weighted by Crippen LogP contribution is -2.13. The molecule has 2 rings (SSSR count). The van der Waals surface area contributed by atoms with Gasteiger partial charge in [-0.15, -0.1) is 0 Å². The van der Waals surface area contributed by atoms with Gasteiger partial charge in [-0.1, -0.05) is 0 Å². The van der Waals surface area contributed by atoms with Crippen LogP contribution in [0.3, 0.4) is 0 Å². The van der Waals surface area contributed by atoms with Crippen molar-refractivity contribution in [3.8, 4) is 0 Å². The molecule has 1 unspecified atom stereocenters. The predicted molar refractivity (Wildman–Crippen MR) is 47.9 cm³/mol. The molecule has 0 bridgehead atoms. The first kappa shape index (κ1) is 8.31. The van der Waals surface area contributed by atoms with Crippen LogP contribution in [0.2, 0.25) is 0 Å². The molecule has 1 aromatic heterocycles. The van der Waals surface area contributed by atoms with Gasteiger partial charge < -0.3 is 15.4 Å². The number of rotatable bonds is 2. The molecule has 0 amide bonds. The van der Waals surface area contributed by atoms with E-state index in [1.807, 2.05) is 7.05 Å². The number of aromatic amines is 1. The number of hydrogen-bond donors (Lipinski definition) is 3. The van der Waals surface area contributed by atoms with E-state index in [1.165, 1.54) is 0 Å². The second-order valence-electron chi connectivity index (χ2n) is 3.31. The van der Waals surface area contributed by atoms with E-state index in [0.29, 0.717) is 11.7 Å². The molecule has 70 valence electrons. The molecule has 1 atom stereocenters. The summed E-state index contributed by atoms with van der Waals surface area (Å²) in [5.41, 5.74) is 2.47. The summed E-state index contributed by atoms with van der Waals surface area (Å²) in [7, 11) is 1.89. The predicted octanol–water partition coefficient (Wildman–Crippen LogP) is 0.920. The highest BCUT2D eigenvalue weighted by Crippen LogP contribution is 2.30. The Morgan fingerprint density at radius 2 is 2.54 bits per heavy atom. The number of hydrogen-bond acceptors (Lipinski definition) is 2. The molecule has 0 spiro atoms. The van der Waals surface area contributed by atoms with E-state index in [1.54, 1.807) is 6.07 Å². The molecular weight excluding hydrogens is 168 g/mol. The second kappa shape index (κ2) is 2.88. The van der Waals surface area contributed by atoms with Gasteiger partial charge in [-0.3, -0.25) is 0 Å². The van der Waals surface area contributed by atoms with E-state index < -0.39 is 5.97 Å². The summed E-state index contributed by atoms with van der Waals surface area (Å²) >= 11 is 0. The Morgan fingerprint density at radius 1 is 1.77 bits per heavy atom. The highest BCUT2D eigenvalue weighted by atomic mass is 16.4. The Hall–Kier alpha value is -1.29. The van der Waals surface area contributed by atoms with Gasteiger partial charge in [0.1, 0.15) is 5.69 Å². The van der Waals surface area contributed by atoms with Crippen LogP contribution in [-0.2, 0) is 6.42 Å². The monoisotopic (exact) mass is 180 g/mol. The van der Waals surface area contributed by atoms with Crippen LogP contribution in [0.15, 0.2) is 6.07 Å². The third-order valence-electron chi connectivity index (χ3n) is 2.56. The first-order valence-corrected chi connectivity index (χ1v) is 4.34. The van der Waals surface area contributed by atoms with Gasteiger partial charge in [-0.2, -0.15) is 0 Å². The van der Waals surface area contributed by atoms with E-state index in [9.17, 15) is 4.79 Å². The smallest absolute Gasteiger partial charge is 0.352 e. The highest BCUT2D eigenvalue weighted by molar-refractivity contribution is 5.86. The third-order valence-corrected chi connectivity index (χ3v) is 2.56. The number of nitrogens with one attached hydrogen (secondary N) is 2. The third kappa shape index (κ3) is 1.23. The van der Waals surface area contributed by atoms with Crippen molar-refractivity contribution in [3.05, 3.63) is 23.0 Å². The molecule has 3 N–H and O–H groups in total. The molecule has 13 heavy (non-hydrogen) atoms. The molecule has 0 aromatic carbocycles. The van der Waals surface area contributed by atoms with E-state index in [4.69, 9.17) is 5.11 Å². The van der Waals surface area contributed by atoms with E-state index in [2.05, 4.69) is 10.3 Å². The number of carbonyl (C=O) groups is 1. The quantitative estimate of drug-likeness (QED) is 0.634. The van der Waals surface area contributed by atoms with Crippen molar-refractivity contribution in [1.82, 2.24) is 10.3 Å². The van der Waals surface area contributed by atoms with Crippen LogP contribution in [0.5, 0.6) is 0 Å². The van der Waals surface area contributed by atoms with Crippen LogP contribution in [0, 0.1) is 0 Å². The van der Waals surface area contributed by atoms with Crippen molar-refractivity contribution >= 4 is 5.97 Å². The number of carboxylic acid groups (broad SMARTS) is 1. The number of aromatic carboxylic acids is 1. The number of H-pyrrole nitrogens is 1. The van der Waals surface area contributed by atoms with Crippen molar-refractivity contribution < 1.29 is 9.90 Å². The lowest BCUT2D eigenvalue weighted by molar-refractivity contribution is 0.0691. The molecule has 1 aliphatic rings. The molecule has 0 radical (unpaired) electrons. The van der Waals surface area contributed by atoms with Gasteiger partial charge in [0.25, 0.3) is 0 Å². The topological polar surface area (TPSA) is 65.1 Å². The van der Waals surface area contributed by atoms with Gasteiger partial charge in [-0.25, -0.2) is 4.79 Å². The van der Waals surface area contributed by atoms with Gasteiger partial charge in [0.15, 0.2) is 0 Å². The zero-order valence-electron chi connectivity index (χ0n) is 7.42. The summed E-state index contributed by atoms with van der Waals surface area (Å²) in [5.74, 6) is -0.885.